The quantitative estimate of drug-likeness (QED) is 0.846. The van der Waals surface area contributed by atoms with Gasteiger partial charge in [0, 0.05) is 32.5 Å². The summed E-state index contributed by atoms with van der Waals surface area (Å²) in [6.07, 6.45) is 6.90. The zero-order valence-corrected chi connectivity index (χ0v) is 13.0. The van der Waals surface area contributed by atoms with Gasteiger partial charge in [0.2, 0.25) is 11.8 Å². The average molecular weight is 305 g/mol. The third kappa shape index (κ3) is 3.28. The normalized spacial score (nSPS) is 21.7. The first kappa shape index (κ1) is 15.0. The van der Waals surface area contributed by atoms with Crippen LogP contribution in [-0.4, -0.2) is 50.6 Å². The number of aryl methyl sites for hydroxylation is 1. The number of hydrogen-bond acceptors (Lipinski definition) is 4. The molecule has 2 amide bonds. The Morgan fingerprint density at radius 3 is 2.82 bits per heavy atom. The molecule has 2 aliphatic rings. The maximum Gasteiger partial charge on any atom is 0.242 e. The van der Waals surface area contributed by atoms with Gasteiger partial charge in [0.1, 0.15) is 18.2 Å². The molecule has 7 heteroatoms. The predicted octanol–water partition coefficient (Wildman–Crippen LogP) is 0.265. The fraction of sp³-hybridized carbons (Fsp3) is 0.733. The summed E-state index contributed by atoms with van der Waals surface area (Å²) in [5, 5.41) is 6.95. The van der Waals surface area contributed by atoms with Crippen LogP contribution in [0.1, 0.15) is 37.9 Å². The van der Waals surface area contributed by atoms with Gasteiger partial charge < -0.3 is 10.2 Å². The van der Waals surface area contributed by atoms with Gasteiger partial charge in [0.25, 0.3) is 0 Å². The summed E-state index contributed by atoms with van der Waals surface area (Å²) < 4.78 is 1.70. The number of amides is 2. The molecule has 1 saturated carbocycles. The van der Waals surface area contributed by atoms with Crippen LogP contribution in [0.2, 0.25) is 0 Å². The van der Waals surface area contributed by atoms with E-state index in [1.807, 2.05) is 7.05 Å². The first-order valence-corrected chi connectivity index (χ1v) is 8.08. The van der Waals surface area contributed by atoms with Crippen molar-refractivity contribution in [2.24, 2.45) is 13.0 Å². The maximum absolute atomic E-state index is 12.4. The lowest BCUT2D eigenvalue weighted by molar-refractivity contribution is -0.143. The number of hydrogen-bond donors (Lipinski definition) is 1. The first-order valence-electron chi connectivity index (χ1n) is 8.08. The fourth-order valence-corrected chi connectivity index (χ4v) is 2.99. The summed E-state index contributed by atoms with van der Waals surface area (Å²) in [5.41, 5.74) is 0. The molecule has 2 heterocycles. The highest BCUT2D eigenvalue weighted by atomic mass is 16.2. The van der Waals surface area contributed by atoms with Gasteiger partial charge in [-0.05, 0) is 32.1 Å². The van der Waals surface area contributed by atoms with E-state index in [2.05, 4.69) is 15.4 Å². The Morgan fingerprint density at radius 1 is 1.32 bits per heavy atom. The molecule has 0 bridgehead atoms. The fourth-order valence-electron chi connectivity index (χ4n) is 2.99. The number of nitrogens with zero attached hydrogens (tertiary/aromatic N) is 4. The Labute approximate surface area is 130 Å². The second kappa shape index (κ2) is 6.46. The Balaban J connectivity index is 1.53. The molecule has 2 fully saturated rings. The van der Waals surface area contributed by atoms with Crippen LogP contribution in [0.25, 0.3) is 0 Å². The minimum Gasteiger partial charge on any atom is -0.354 e. The molecule has 0 spiro atoms. The van der Waals surface area contributed by atoms with Gasteiger partial charge in [-0.15, -0.1) is 0 Å². The van der Waals surface area contributed by atoms with Crippen LogP contribution in [-0.2, 0) is 23.1 Å². The molecule has 7 nitrogen and oxygen atoms in total. The molecule has 3 rings (SSSR count). The smallest absolute Gasteiger partial charge is 0.242 e. The number of rotatable bonds is 5. The lowest BCUT2D eigenvalue weighted by atomic mass is 10.0. The molecule has 1 saturated heterocycles. The van der Waals surface area contributed by atoms with E-state index in [1.54, 1.807) is 9.58 Å². The third-order valence-corrected chi connectivity index (χ3v) is 4.47. The van der Waals surface area contributed by atoms with Crippen molar-refractivity contribution in [2.75, 3.05) is 13.1 Å². The van der Waals surface area contributed by atoms with Crippen molar-refractivity contribution in [3.63, 3.8) is 0 Å². The summed E-state index contributed by atoms with van der Waals surface area (Å²) in [7, 11) is 1.83. The van der Waals surface area contributed by atoms with Crippen LogP contribution in [0.3, 0.4) is 0 Å². The van der Waals surface area contributed by atoms with Gasteiger partial charge in [-0.3, -0.25) is 14.3 Å². The van der Waals surface area contributed by atoms with Crippen LogP contribution in [0, 0.1) is 5.92 Å². The van der Waals surface area contributed by atoms with Crippen molar-refractivity contribution in [3.8, 4) is 0 Å². The molecule has 1 aliphatic carbocycles. The first-order chi connectivity index (χ1) is 10.7. The Morgan fingerprint density at radius 2 is 2.14 bits per heavy atom. The van der Waals surface area contributed by atoms with Gasteiger partial charge in [-0.1, -0.05) is 0 Å². The summed E-state index contributed by atoms with van der Waals surface area (Å²) >= 11 is 0. The van der Waals surface area contributed by atoms with E-state index in [0.717, 1.165) is 44.5 Å². The topological polar surface area (TPSA) is 80.1 Å². The Kier molecular flexibility index (Phi) is 4.40. The van der Waals surface area contributed by atoms with E-state index in [0.29, 0.717) is 13.0 Å². The maximum atomic E-state index is 12.4. The minimum absolute atomic E-state index is 0.0316. The van der Waals surface area contributed by atoms with Crippen LogP contribution in [0.4, 0.5) is 0 Å². The number of carbonyl (C=O) groups is 2. The van der Waals surface area contributed by atoms with Gasteiger partial charge in [-0.25, -0.2) is 4.98 Å². The summed E-state index contributed by atoms with van der Waals surface area (Å²) in [6.45, 7) is 1.24. The van der Waals surface area contributed by atoms with Crippen molar-refractivity contribution in [1.82, 2.24) is 25.0 Å². The molecule has 1 aromatic rings. The summed E-state index contributed by atoms with van der Waals surface area (Å²) in [6, 6.07) is -0.290. The van der Waals surface area contributed by atoms with Gasteiger partial charge >= 0.3 is 0 Å². The minimum atomic E-state index is -0.290. The molecule has 0 radical (unpaired) electrons. The van der Waals surface area contributed by atoms with Crippen molar-refractivity contribution in [1.29, 1.82) is 0 Å². The lowest BCUT2D eigenvalue weighted by Gasteiger charge is -2.34. The highest BCUT2D eigenvalue weighted by Gasteiger charge is 2.39. The molecule has 1 aromatic heterocycles. The molecule has 1 aliphatic heterocycles. The van der Waals surface area contributed by atoms with Crippen LogP contribution < -0.4 is 5.32 Å². The van der Waals surface area contributed by atoms with Crippen LogP contribution in [0.5, 0.6) is 0 Å². The third-order valence-electron chi connectivity index (χ3n) is 4.47. The second-order valence-corrected chi connectivity index (χ2v) is 6.16. The molecule has 0 aromatic carbocycles. The van der Waals surface area contributed by atoms with E-state index in [4.69, 9.17) is 0 Å². The summed E-state index contributed by atoms with van der Waals surface area (Å²) in [4.78, 5) is 30.7. The number of nitrogens with one attached hydrogen (secondary N) is 1. The monoisotopic (exact) mass is 305 g/mol. The predicted molar refractivity (Wildman–Crippen MR) is 79.8 cm³/mol. The standard InChI is InChI=1S/C15H23N5O2/c1-19-13(17-10-18-19)7-8-16-14(21)12-4-2-3-9-20(12)15(22)11-5-6-11/h10-12H,2-9H2,1H3,(H,16,21). The number of aromatic nitrogens is 3. The molecule has 1 unspecified atom stereocenters. The summed E-state index contributed by atoms with van der Waals surface area (Å²) in [5.74, 6) is 1.16. The molecule has 1 N–H and O–H groups in total. The molecular formula is C15H23N5O2. The van der Waals surface area contributed by atoms with Crippen molar-refractivity contribution < 1.29 is 9.59 Å². The molecular weight excluding hydrogens is 282 g/mol. The van der Waals surface area contributed by atoms with Gasteiger partial charge in [0.05, 0.1) is 0 Å². The Bertz CT molecular complexity index is 552. The highest BCUT2D eigenvalue weighted by molar-refractivity contribution is 5.89. The second-order valence-electron chi connectivity index (χ2n) is 6.16. The van der Waals surface area contributed by atoms with E-state index in [1.165, 1.54) is 6.33 Å². The Hall–Kier alpha value is -1.92. The van der Waals surface area contributed by atoms with E-state index < -0.39 is 0 Å². The van der Waals surface area contributed by atoms with Crippen LogP contribution >= 0.6 is 0 Å². The highest BCUT2D eigenvalue weighted by Crippen LogP contribution is 2.33. The number of likely N-dealkylation sites (tertiary alicyclic amines) is 1. The molecule has 1 atom stereocenters. The van der Waals surface area contributed by atoms with E-state index in [9.17, 15) is 9.59 Å². The van der Waals surface area contributed by atoms with E-state index >= 15 is 0 Å². The van der Waals surface area contributed by atoms with Crippen molar-refractivity contribution in [3.05, 3.63) is 12.2 Å². The van der Waals surface area contributed by atoms with Gasteiger partial charge in [-0.2, -0.15) is 5.10 Å². The molecule has 22 heavy (non-hydrogen) atoms. The number of carbonyl (C=O) groups excluding carboxylic acids is 2. The van der Waals surface area contributed by atoms with Crippen molar-refractivity contribution >= 4 is 11.8 Å². The van der Waals surface area contributed by atoms with Crippen LogP contribution in [0.15, 0.2) is 6.33 Å². The zero-order valence-electron chi connectivity index (χ0n) is 13.0. The zero-order chi connectivity index (χ0) is 15.5. The van der Waals surface area contributed by atoms with Crippen molar-refractivity contribution in [2.45, 2.75) is 44.6 Å². The van der Waals surface area contributed by atoms with Gasteiger partial charge in [0.15, 0.2) is 0 Å². The molecule has 120 valence electrons. The average Bonchev–Trinajstić information content (AvgIpc) is 3.30. The number of piperidine rings is 1. The van der Waals surface area contributed by atoms with E-state index in [-0.39, 0.29) is 23.8 Å². The largest absolute Gasteiger partial charge is 0.354 e. The lowest BCUT2D eigenvalue weighted by Crippen LogP contribution is -2.52. The SMILES string of the molecule is Cn1ncnc1CCNC(=O)C1CCCCN1C(=O)C1CC1.